The van der Waals surface area contributed by atoms with Crippen molar-refractivity contribution < 1.29 is 23.8 Å². The number of aliphatic hydroxyl groups is 1. The number of nitrogens with zero attached hydrogens (tertiary/aromatic N) is 2. The third-order valence-corrected chi connectivity index (χ3v) is 5.63. The Balaban J connectivity index is 1.98. The number of rotatable bonds is 4. The lowest BCUT2D eigenvalue weighted by atomic mass is 9.96. The second-order valence-electron chi connectivity index (χ2n) is 7.94. The lowest BCUT2D eigenvalue weighted by Crippen LogP contribution is -2.29. The average molecular weight is 442 g/mol. The van der Waals surface area contributed by atoms with Gasteiger partial charge in [0.15, 0.2) is 0 Å². The number of Topliss-reactive ketones (excluding diaryl/α,β-unsaturated/α-hetero) is 1. The van der Waals surface area contributed by atoms with E-state index in [4.69, 9.17) is 14.4 Å². The highest BCUT2D eigenvalue weighted by Gasteiger charge is 2.48. The van der Waals surface area contributed by atoms with Gasteiger partial charge in [0.25, 0.3) is 11.7 Å². The van der Waals surface area contributed by atoms with Crippen LogP contribution in [0.3, 0.4) is 0 Å². The zero-order valence-corrected chi connectivity index (χ0v) is 18.7. The largest absolute Gasteiger partial charge is 0.507 e. The molecule has 0 bridgehead atoms. The van der Waals surface area contributed by atoms with Crippen molar-refractivity contribution in [2.24, 2.45) is 0 Å². The number of carbonyl (C=O) groups excluding carboxylic acids is 2. The quantitative estimate of drug-likeness (QED) is 0.356. The van der Waals surface area contributed by atoms with E-state index in [1.54, 1.807) is 49.4 Å². The molecule has 1 aliphatic heterocycles. The van der Waals surface area contributed by atoms with Gasteiger partial charge in [-0.25, -0.2) is 0 Å². The first-order valence-corrected chi connectivity index (χ1v) is 10.3. The first-order chi connectivity index (χ1) is 15.8. The number of carbonyl (C=O) groups is 2. The van der Waals surface area contributed by atoms with Crippen molar-refractivity contribution in [2.45, 2.75) is 26.8 Å². The third kappa shape index (κ3) is 3.66. The first-order valence-electron chi connectivity index (χ1n) is 10.3. The molecule has 0 saturated carbocycles. The summed E-state index contributed by atoms with van der Waals surface area (Å²) in [6, 6.07) is 14.4. The molecule has 0 spiro atoms. The summed E-state index contributed by atoms with van der Waals surface area (Å²) in [4.78, 5) is 27.7. The maximum atomic E-state index is 13.2. The molecule has 1 atom stereocenters. The highest BCUT2D eigenvalue weighted by atomic mass is 16.5. The topological polar surface area (TPSA) is 104 Å². The molecule has 1 amide bonds. The maximum absolute atomic E-state index is 13.2. The van der Waals surface area contributed by atoms with Gasteiger partial charge in [0.1, 0.15) is 29.1 Å². The van der Waals surface area contributed by atoms with E-state index in [2.05, 4.69) is 0 Å². The summed E-state index contributed by atoms with van der Waals surface area (Å²) >= 11 is 0. The van der Waals surface area contributed by atoms with Crippen LogP contribution in [0.1, 0.15) is 39.8 Å². The van der Waals surface area contributed by atoms with Crippen LogP contribution >= 0.6 is 0 Å². The van der Waals surface area contributed by atoms with Gasteiger partial charge in [0.2, 0.25) is 0 Å². The summed E-state index contributed by atoms with van der Waals surface area (Å²) in [5, 5.41) is 20.5. The van der Waals surface area contributed by atoms with Gasteiger partial charge in [-0.1, -0.05) is 6.07 Å². The van der Waals surface area contributed by atoms with Crippen molar-refractivity contribution in [2.75, 3.05) is 12.0 Å². The number of aliphatic hydroxyl groups excluding tert-OH is 1. The molecule has 1 unspecified atom stereocenters. The Hall–Kier alpha value is -4.31. The number of nitriles is 1. The van der Waals surface area contributed by atoms with E-state index in [9.17, 15) is 14.7 Å². The van der Waals surface area contributed by atoms with E-state index in [0.29, 0.717) is 34.1 Å². The molecule has 166 valence electrons. The summed E-state index contributed by atoms with van der Waals surface area (Å²) in [5.41, 5.74) is 2.69. The molecular weight excluding hydrogens is 420 g/mol. The van der Waals surface area contributed by atoms with E-state index in [1.807, 2.05) is 26.0 Å². The molecule has 1 aromatic heterocycles. The highest BCUT2D eigenvalue weighted by molar-refractivity contribution is 6.51. The second kappa shape index (κ2) is 8.32. The summed E-state index contributed by atoms with van der Waals surface area (Å²) in [6.45, 7) is 5.46. The SMILES string of the molecule is COc1c(C)cc(C)cc1/C(O)=C1\C(=O)C(=O)N(c2ccc(C#N)cc2)C1c1ccc(C)o1. The van der Waals surface area contributed by atoms with Crippen molar-refractivity contribution in [1.82, 2.24) is 0 Å². The minimum atomic E-state index is -0.989. The number of anilines is 1. The van der Waals surface area contributed by atoms with Crippen molar-refractivity contribution in [3.05, 3.63) is 87.9 Å². The van der Waals surface area contributed by atoms with E-state index in [0.717, 1.165) is 11.1 Å². The molecule has 7 nitrogen and oxygen atoms in total. The molecule has 1 aliphatic rings. The Morgan fingerprint density at radius 2 is 1.79 bits per heavy atom. The fraction of sp³-hybridized carbons (Fsp3) is 0.192. The smallest absolute Gasteiger partial charge is 0.300 e. The predicted octanol–water partition coefficient (Wildman–Crippen LogP) is 4.71. The van der Waals surface area contributed by atoms with Crippen LogP contribution in [0.5, 0.6) is 5.75 Å². The van der Waals surface area contributed by atoms with E-state index >= 15 is 0 Å². The van der Waals surface area contributed by atoms with Crippen LogP contribution in [0.15, 0.2) is 58.5 Å². The van der Waals surface area contributed by atoms with Crippen molar-refractivity contribution in [1.29, 1.82) is 5.26 Å². The molecule has 1 N–H and O–H groups in total. The monoisotopic (exact) mass is 442 g/mol. The van der Waals surface area contributed by atoms with Crippen LogP contribution in [0.25, 0.3) is 5.76 Å². The van der Waals surface area contributed by atoms with E-state index in [-0.39, 0.29) is 11.3 Å². The molecule has 1 saturated heterocycles. The first kappa shape index (κ1) is 21.9. The average Bonchev–Trinajstić information content (AvgIpc) is 3.33. The Bertz CT molecular complexity index is 1340. The lowest BCUT2D eigenvalue weighted by molar-refractivity contribution is -0.132. The van der Waals surface area contributed by atoms with Gasteiger partial charge in [-0.05, 0) is 74.4 Å². The number of aryl methyl sites for hydroxylation is 3. The number of hydrogen-bond acceptors (Lipinski definition) is 6. The summed E-state index contributed by atoms with van der Waals surface area (Å²) in [5.74, 6) is -0.634. The van der Waals surface area contributed by atoms with Crippen molar-refractivity contribution in [3.8, 4) is 11.8 Å². The summed E-state index contributed by atoms with van der Waals surface area (Å²) in [7, 11) is 1.48. The molecule has 3 aromatic rings. The van der Waals surface area contributed by atoms with Crippen LogP contribution in [0.4, 0.5) is 5.69 Å². The minimum Gasteiger partial charge on any atom is -0.507 e. The van der Waals surface area contributed by atoms with Gasteiger partial charge < -0.3 is 14.3 Å². The molecule has 2 heterocycles. The number of furan rings is 1. The van der Waals surface area contributed by atoms with Crippen LogP contribution in [0.2, 0.25) is 0 Å². The van der Waals surface area contributed by atoms with Gasteiger partial charge in [-0.3, -0.25) is 14.5 Å². The number of amides is 1. The Labute approximate surface area is 191 Å². The normalized spacial score (nSPS) is 17.3. The number of hydrogen-bond donors (Lipinski definition) is 1. The second-order valence-corrected chi connectivity index (χ2v) is 7.94. The highest BCUT2D eigenvalue weighted by Crippen LogP contribution is 2.44. The van der Waals surface area contributed by atoms with Gasteiger partial charge in [0.05, 0.1) is 29.9 Å². The number of ether oxygens (including phenoxy) is 1. The van der Waals surface area contributed by atoms with Gasteiger partial charge in [-0.2, -0.15) is 5.26 Å². The zero-order valence-electron chi connectivity index (χ0n) is 18.7. The van der Waals surface area contributed by atoms with Gasteiger partial charge >= 0.3 is 0 Å². The van der Waals surface area contributed by atoms with Crippen LogP contribution in [-0.4, -0.2) is 23.9 Å². The molecular formula is C26H22N2O5. The van der Waals surface area contributed by atoms with Crippen molar-refractivity contribution >= 4 is 23.1 Å². The third-order valence-electron chi connectivity index (χ3n) is 5.63. The maximum Gasteiger partial charge on any atom is 0.300 e. The molecule has 0 radical (unpaired) electrons. The standard InChI is InChI=1S/C26H22N2O5/c1-14-11-15(2)25(32-4)19(12-14)23(29)21-22(20-10-5-16(3)33-20)28(26(31)24(21)30)18-8-6-17(13-27)7-9-18/h5-12,22,29H,1-4H3/b23-21+. The molecule has 1 fully saturated rings. The fourth-order valence-electron chi connectivity index (χ4n) is 4.21. The number of ketones is 1. The minimum absolute atomic E-state index is 0.0954. The fourth-order valence-corrected chi connectivity index (χ4v) is 4.21. The van der Waals surface area contributed by atoms with Crippen molar-refractivity contribution in [3.63, 3.8) is 0 Å². The lowest BCUT2D eigenvalue weighted by Gasteiger charge is -2.23. The molecule has 2 aromatic carbocycles. The van der Waals surface area contributed by atoms with E-state index < -0.39 is 17.7 Å². The van der Waals surface area contributed by atoms with Crippen LogP contribution in [0, 0.1) is 32.1 Å². The molecule has 4 rings (SSSR count). The summed E-state index contributed by atoms with van der Waals surface area (Å²) < 4.78 is 11.3. The van der Waals surface area contributed by atoms with Crippen LogP contribution < -0.4 is 9.64 Å². The number of benzene rings is 2. The Kier molecular flexibility index (Phi) is 5.52. The zero-order chi connectivity index (χ0) is 23.9. The van der Waals surface area contributed by atoms with Gasteiger partial charge in [0, 0.05) is 5.69 Å². The number of methoxy groups -OCH3 is 1. The predicted molar refractivity (Wildman–Crippen MR) is 122 cm³/mol. The Morgan fingerprint density at radius 3 is 2.36 bits per heavy atom. The molecule has 0 aliphatic carbocycles. The van der Waals surface area contributed by atoms with Gasteiger partial charge in [-0.15, -0.1) is 0 Å². The molecule has 33 heavy (non-hydrogen) atoms. The Morgan fingerprint density at radius 1 is 1.09 bits per heavy atom. The van der Waals surface area contributed by atoms with Crippen LogP contribution in [-0.2, 0) is 9.59 Å². The molecule has 7 heteroatoms. The van der Waals surface area contributed by atoms with E-state index in [1.165, 1.54) is 12.0 Å². The summed E-state index contributed by atoms with van der Waals surface area (Å²) in [6.07, 6.45) is 0.